The zero-order chi connectivity index (χ0) is 50.0. The number of primary amides is 2. The lowest BCUT2D eigenvalue weighted by molar-refractivity contribution is -0.138. The molecule has 8 rings (SSSR count). The molecular formula is C46H30F6N6O9S2. The predicted octanol–water partition coefficient (Wildman–Crippen LogP) is 9.42. The average Bonchev–Trinajstić information content (AvgIpc) is 3.86. The number of amides is 6. The van der Waals surface area contributed by atoms with Crippen molar-refractivity contribution in [3.8, 4) is 45.5 Å². The Labute approximate surface area is 393 Å². The zero-order valence-electron chi connectivity index (χ0n) is 34.7. The molecule has 2 saturated heterocycles. The highest BCUT2D eigenvalue weighted by atomic mass is 32.2. The minimum atomic E-state index is -4.61. The van der Waals surface area contributed by atoms with E-state index in [1.165, 1.54) is 18.2 Å². The summed E-state index contributed by atoms with van der Waals surface area (Å²) in [5.41, 5.74) is 10.9. The van der Waals surface area contributed by atoms with Gasteiger partial charge in [-0.25, -0.2) is 9.97 Å². The van der Waals surface area contributed by atoms with Crippen molar-refractivity contribution in [3.05, 3.63) is 160 Å². The lowest BCUT2D eigenvalue weighted by Crippen LogP contribution is -2.18. The van der Waals surface area contributed by atoms with Crippen molar-refractivity contribution in [2.45, 2.75) is 12.4 Å². The van der Waals surface area contributed by atoms with Crippen LogP contribution in [0, 0.1) is 0 Å². The third kappa shape index (κ3) is 13.6. The number of carbonyl (C=O) groups excluding carboxylic acids is 7. The van der Waals surface area contributed by atoms with Crippen molar-refractivity contribution in [3.63, 3.8) is 0 Å². The van der Waals surface area contributed by atoms with Gasteiger partial charge in [-0.05, 0) is 127 Å². The molecule has 4 heterocycles. The van der Waals surface area contributed by atoms with Crippen LogP contribution in [0.3, 0.4) is 0 Å². The van der Waals surface area contributed by atoms with Crippen LogP contribution in [-0.4, -0.2) is 56.1 Å². The highest BCUT2D eigenvalue weighted by molar-refractivity contribution is 8.18. The minimum absolute atomic E-state index is 0.00426. The molecule has 0 atom stereocenters. The summed E-state index contributed by atoms with van der Waals surface area (Å²) in [7, 11) is 0. The van der Waals surface area contributed by atoms with Crippen molar-refractivity contribution in [1.29, 1.82) is 0 Å². The molecule has 0 radical (unpaired) electrons. The van der Waals surface area contributed by atoms with E-state index in [0.29, 0.717) is 57.8 Å². The van der Waals surface area contributed by atoms with Gasteiger partial charge in [-0.15, -0.1) is 0 Å². The molecule has 2 aliphatic heterocycles. The van der Waals surface area contributed by atoms with E-state index in [2.05, 4.69) is 20.6 Å². The Bertz CT molecular complexity index is 3010. The third-order valence-corrected chi connectivity index (χ3v) is 10.6. The Morgan fingerprint density at radius 2 is 1.07 bits per heavy atom. The molecule has 2 aliphatic rings. The van der Waals surface area contributed by atoms with Gasteiger partial charge in [0.15, 0.2) is 6.29 Å². The fourth-order valence-corrected chi connectivity index (χ4v) is 7.02. The Morgan fingerprint density at radius 1 is 0.609 bits per heavy atom. The number of imide groups is 2. The highest BCUT2D eigenvalue weighted by Crippen LogP contribution is 2.38. The first-order chi connectivity index (χ1) is 32.7. The van der Waals surface area contributed by atoms with Gasteiger partial charge in [0.25, 0.3) is 28.2 Å². The van der Waals surface area contributed by atoms with E-state index in [0.717, 1.165) is 48.2 Å². The van der Waals surface area contributed by atoms with Crippen molar-refractivity contribution in [2.24, 2.45) is 11.5 Å². The molecule has 0 saturated carbocycles. The number of aldehydes is 1. The molecule has 0 bridgehead atoms. The fraction of sp³-hybridized carbons (Fsp3) is 0.0652. The maximum atomic E-state index is 13.2. The Kier molecular flexibility index (Phi) is 15.6. The Hall–Kier alpha value is -8.31. The van der Waals surface area contributed by atoms with E-state index in [9.17, 15) is 59.9 Å². The van der Waals surface area contributed by atoms with Crippen LogP contribution >= 0.6 is 23.5 Å². The largest absolute Gasteiger partial charge is 0.457 e. The van der Waals surface area contributed by atoms with Crippen molar-refractivity contribution >= 4 is 70.0 Å². The van der Waals surface area contributed by atoms with Gasteiger partial charge in [-0.2, -0.15) is 26.3 Å². The van der Waals surface area contributed by atoms with Gasteiger partial charge in [0.2, 0.25) is 5.91 Å². The van der Waals surface area contributed by atoms with E-state index < -0.39 is 46.4 Å². The molecule has 6 N–H and O–H groups in total. The molecule has 0 unspecified atom stereocenters. The summed E-state index contributed by atoms with van der Waals surface area (Å²) in [6.07, 6.45) is -7.69. The van der Waals surface area contributed by atoms with Crippen LogP contribution in [-0.2, 0) is 21.9 Å². The van der Waals surface area contributed by atoms with E-state index in [4.69, 9.17) is 20.9 Å². The number of aromatic nitrogens is 2. The molecule has 6 aromatic rings. The second-order valence-electron chi connectivity index (χ2n) is 13.9. The SMILES string of the molecule is NC(=O)c1cccc(-c2ccc(Oc3ccc(C(F)(F)F)cc3/C=C3\SC(=O)NC3=O)cc2)n1.NC(=O)c1cccc(-c2ccc(Oc3ccc(C(F)(F)F)cc3C=O)cc2)n1.O=C1CSC(=O)N1. The topological polar surface area (TPSA) is 240 Å². The normalized spacial score (nSPS) is 13.9. The smallest absolute Gasteiger partial charge is 0.416 e. The number of thioether (sulfide) groups is 2. The van der Waals surface area contributed by atoms with Crippen molar-refractivity contribution < 1.29 is 69.4 Å². The molecule has 15 nitrogen and oxygen atoms in total. The van der Waals surface area contributed by atoms with Gasteiger partial charge in [-0.3, -0.25) is 44.2 Å². The standard InChI is InChI=1S/C23H14F3N3O4S.C20H13F3N2O3.C3H3NO2S/c24-23(25,26)14-6-9-18(13(10-14)11-19-21(31)29-22(32)34-19)33-15-7-4-12(5-8-15)16-2-1-3-17(28-16)20(27)30;21-20(22,23)14-6-9-18(13(10-14)11-26)28-15-7-4-12(5-8-15)16-2-1-3-17(25-16)19(24)27;5-2-1-7-3(6)4-2/h1-11H,(H2,27,30)(H,29,31,32);1-11H,(H2,24,27);1H2,(H,4,5,6)/b19-11-;;. The van der Waals surface area contributed by atoms with Crippen LogP contribution in [0.15, 0.2) is 126 Å². The number of hydrogen-bond acceptors (Lipinski definition) is 13. The quantitative estimate of drug-likeness (QED) is 0.0569. The predicted molar refractivity (Wildman–Crippen MR) is 240 cm³/mol. The zero-order valence-corrected chi connectivity index (χ0v) is 36.3. The number of nitrogens with zero attached hydrogens (tertiary/aromatic N) is 2. The van der Waals surface area contributed by atoms with Gasteiger partial charge in [0, 0.05) is 16.7 Å². The third-order valence-electron chi connectivity index (χ3n) is 9.06. The summed E-state index contributed by atoms with van der Waals surface area (Å²) >= 11 is 1.59. The summed E-state index contributed by atoms with van der Waals surface area (Å²) in [4.78, 5) is 85.4. The number of nitrogens with one attached hydrogen (secondary N) is 2. The minimum Gasteiger partial charge on any atom is -0.457 e. The van der Waals surface area contributed by atoms with E-state index in [1.54, 1.807) is 72.8 Å². The van der Waals surface area contributed by atoms with Crippen LogP contribution < -0.4 is 31.6 Å². The van der Waals surface area contributed by atoms with E-state index >= 15 is 0 Å². The van der Waals surface area contributed by atoms with Gasteiger partial charge in [0.05, 0.1) is 38.7 Å². The molecule has 2 aromatic heterocycles. The maximum Gasteiger partial charge on any atom is 0.416 e. The summed E-state index contributed by atoms with van der Waals surface area (Å²) in [5.74, 6) is -1.24. The second kappa shape index (κ2) is 21.5. The average molecular weight is 989 g/mol. The van der Waals surface area contributed by atoms with E-state index in [-0.39, 0.29) is 50.1 Å². The first-order valence-electron chi connectivity index (χ1n) is 19.4. The van der Waals surface area contributed by atoms with Crippen molar-refractivity contribution in [1.82, 2.24) is 20.6 Å². The number of rotatable bonds is 10. The first-order valence-corrected chi connectivity index (χ1v) is 21.2. The molecule has 23 heteroatoms. The first kappa shape index (κ1) is 50.1. The fourth-order valence-electron chi connectivity index (χ4n) is 5.83. The summed E-state index contributed by atoms with van der Waals surface area (Å²) in [6.45, 7) is 0. The number of ether oxygens (including phenoxy) is 2. The van der Waals surface area contributed by atoms with Crippen molar-refractivity contribution in [2.75, 3.05) is 5.75 Å². The molecule has 69 heavy (non-hydrogen) atoms. The molecule has 6 amide bonds. The number of nitrogens with two attached hydrogens (primary N) is 2. The van der Waals surface area contributed by atoms with Crippen LogP contribution in [0.2, 0.25) is 0 Å². The highest BCUT2D eigenvalue weighted by Gasteiger charge is 2.33. The number of pyridine rings is 2. The van der Waals surface area contributed by atoms with Gasteiger partial charge in [-0.1, -0.05) is 23.9 Å². The summed E-state index contributed by atoms with van der Waals surface area (Å²) in [5, 5.41) is 3.31. The number of halogens is 6. The van der Waals surface area contributed by atoms with Crippen LogP contribution in [0.25, 0.3) is 28.6 Å². The number of hydrogen-bond donors (Lipinski definition) is 4. The molecule has 0 spiro atoms. The molecule has 352 valence electrons. The second-order valence-corrected chi connectivity index (χ2v) is 15.9. The number of alkyl halides is 6. The maximum absolute atomic E-state index is 13.2. The van der Waals surface area contributed by atoms with Crippen LogP contribution in [0.4, 0.5) is 35.9 Å². The van der Waals surface area contributed by atoms with Crippen LogP contribution in [0.5, 0.6) is 23.0 Å². The molecule has 0 aliphatic carbocycles. The van der Waals surface area contributed by atoms with E-state index in [1.807, 2.05) is 0 Å². The Morgan fingerprint density at radius 3 is 1.43 bits per heavy atom. The molecule has 2 fully saturated rings. The molecular weight excluding hydrogens is 959 g/mol. The summed E-state index contributed by atoms with van der Waals surface area (Å²) < 4.78 is 89.2. The number of carbonyl (C=O) groups is 7. The lowest BCUT2D eigenvalue weighted by Gasteiger charge is -2.13. The summed E-state index contributed by atoms with van der Waals surface area (Å²) in [6, 6.07) is 28.1. The monoisotopic (exact) mass is 988 g/mol. The Balaban J connectivity index is 0.000000201. The van der Waals surface area contributed by atoms with Gasteiger partial charge < -0.3 is 20.9 Å². The lowest BCUT2D eigenvalue weighted by atomic mass is 10.1. The number of benzene rings is 4. The van der Waals surface area contributed by atoms with Gasteiger partial charge >= 0.3 is 12.4 Å². The van der Waals surface area contributed by atoms with Crippen LogP contribution in [0.1, 0.15) is 48.0 Å². The van der Waals surface area contributed by atoms with Gasteiger partial charge in [0.1, 0.15) is 34.4 Å². The molecule has 4 aromatic carbocycles.